The molecule has 0 spiro atoms. The van der Waals surface area contributed by atoms with Gasteiger partial charge in [-0.05, 0) is 32.7 Å². The molecule has 2 atom stereocenters. The van der Waals surface area contributed by atoms with E-state index in [1.54, 1.807) is 0 Å². The summed E-state index contributed by atoms with van der Waals surface area (Å²) in [5.41, 5.74) is 0. The van der Waals surface area contributed by atoms with Crippen molar-refractivity contribution in [3.63, 3.8) is 0 Å². The van der Waals surface area contributed by atoms with Gasteiger partial charge in [0.2, 0.25) is 5.91 Å². The predicted molar refractivity (Wildman–Crippen MR) is 70.0 cm³/mol. The van der Waals surface area contributed by atoms with E-state index in [0.717, 1.165) is 32.4 Å². The smallest absolute Gasteiger partial charge is 0.227 e. The molecule has 1 saturated heterocycles. The fourth-order valence-electron chi connectivity index (χ4n) is 2.70. The highest BCUT2D eigenvalue weighted by atomic mass is 32.2. The quantitative estimate of drug-likeness (QED) is 0.767. The van der Waals surface area contributed by atoms with Crippen molar-refractivity contribution in [3.05, 3.63) is 0 Å². The molecule has 1 aliphatic heterocycles. The zero-order valence-electron chi connectivity index (χ0n) is 11.1. The van der Waals surface area contributed by atoms with E-state index in [9.17, 15) is 13.2 Å². The van der Waals surface area contributed by atoms with Crippen LogP contribution in [0.5, 0.6) is 0 Å². The SMILES string of the molecule is CC(CS(C)(=O)=O)N(C(=O)C1CCNC1)C1CC1. The summed E-state index contributed by atoms with van der Waals surface area (Å²) in [6.45, 7) is 3.46. The van der Waals surface area contributed by atoms with Crippen molar-refractivity contribution in [2.75, 3.05) is 25.1 Å². The van der Waals surface area contributed by atoms with Crippen LogP contribution in [0, 0.1) is 5.92 Å². The molecule has 2 unspecified atom stereocenters. The van der Waals surface area contributed by atoms with E-state index in [2.05, 4.69) is 5.32 Å². The third-order valence-corrected chi connectivity index (χ3v) is 4.71. The molecule has 5 nitrogen and oxygen atoms in total. The van der Waals surface area contributed by atoms with Crippen LogP contribution in [0.3, 0.4) is 0 Å². The molecule has 2 fully saturated rings. The first-order chi connectivity index (χ1) is 8.38. The Morgan fingerprint density at radius 2 is 2.06 bits per heavy atom. The molecule has 0 aromatic heterocycles. The Labute approximate surface area is 109 Å². The van der Waals surface area contributed by atoms with Gasteiger partial charge < -0.3 is 10.2 Å². The normalized spacial score (nSPS) is 26.0. The summed E-state index contributed by atoms with van der Waals surface area (Å²) in [4.78, 5) is 14.3. The van der Waals surface area contributed by atoms with Crippen LogP contribution in [0.2, 0.25) is 0 Å². The third-order valence-electron chi connectivity index (χ3n) is 3.62. The molecule has 1 saturated carbocycles. The minimum Gasteiger partial charge on any atom is -0.336 e. The van der Waals surface area contributed by atoms with Gasteiger partial charge in [0.15, 0.2) is 0 Å². The van der Waals surface area contributed by atoms with Gasteiger partial charge >= 0.3 is 0 Å². The van der Waals surface area contributed by atoms with Crippen molar-refractivity contribution in [2.45, 2.75) is 38.3 Å². The van der Waals surface area contributed by atoms with Crippen LogP contribution in [-0.2, 0) is 14.6 Å². The van der Waals surface area contributed by atoms with Gasteiger partial charge in [0.1, 0.15) is 9.84 Å². The lowest BCUT2D eigenvalue weighted by Gasteiger charge is -2.31. The number of hydrogen-bond donors (Lipinski definition) is 1. The average molecular weight is 274 g/mol. The maximum atomic E-state index is 12.4. The summed E-state index contributed by atoms with van der Waals surface area (Å²) in [5.74, 6) is 0.237. The molecule has 0 aromatic carbocycles. The Hall–Kier alpha value is -0.620. The standard InChI is InChI=1S/C12H22N2O3S/c1-9(8-18(2,16)17)14(11-3-4-11)12(15)10-5-6-13-7-10/h9-11,13H,3-8H2,1-2H3. The Morgan fingerprint density at radius 1 is 1.39 bits per heavy atom. The predicted octanol–water partition coefficient (Wildman–Crippen LogP) is 0.0200. The molecule has 1 N–H and O–H groups in total. The first-order valence-corrected chi connectivity index (χ1v) is 8.65. The van der Waals surface area contributed by atoms with Gasteiger partial charge in [0.25, 0.3) is 0 Å². The van der Waals surface area contributed by atoms with Crippen LogP contribution in [-0.4, -0.2) is 56.4 Å². The molecular formula is C12H22N2O3S. The van der Waals surface area contributed by atoms with E-state index >= 15 is 0 Å². The van der Waals surface area contributed by atoms with Crippen LogP contribution in [0.15, 0.2) is 0 Å². The lowest BCUT2D eigenvalue weighted by Crippen LogP contribution is -2.46. The number of nitrogens with one attached hydrogen (secondary N) is 1. The Kier molecular flexibility index (Phi) is 3.96. The molecule has 0 bridgehead atoms. The average Bonchev–Trinajstić information content (AvgIpc) is 2.91. The minimum atomic E-state index is -3.04. The van der Waals surface area contributed by atoms with Crippen molar-refractivity contribution in [1.82, 2.24) is 10.2 Å². The molecule has 2 rings (SSSR count). The van der Waals surface area contributed by atoms with E-state index in [-0.39, 0.29) is 29.7 Å². The van der Waals surface area contributed by atoms with Crippen LogP contribution >= 0.6 is 0 Å². The van der Waals surface area contributed by atoms with E-state index in [4.69, 9.17) is 0 Å². The van der Waals surface area contributed by atoms with Gasteiger partial charge in [-0.1, -0.05) is 0 Å². The van der Waals surface area contributed by atoms with Gasteiger partial charge in [-0.2, -0.15) is 0 Å². The van der Waals surface area contributed by atoms with Crippen LogP contribution in [0.4, 0.5) is 0 Å². The van der Waals surface area contributed by atoms with E-state index < -0.39 is 9.84 Å². The Bertz CT molecular complexity index is 411. The van der Waals surface area contributed by atoms with Gasteiger partial charge in [-0.3, -0.25) is 4.79 Å². The van der Waals surface area contributed by atoms with Gasteiger partial charge in [-0.15, -0.1) is 0 Å². The molecule has 1 amide bonds. The number of amides is 1. The van der Waals surface area contributed by atoms with Crippen molar-refractivity contribution in [3.8, 4) is 0 Å². The van der Waals surface area contributed by atoms with Crippen molar-refractivity contribution in [1.29, 1.82) is 0 Å². The number of carbonyl (C=O) groups is 1. The molecule has 18 heavy (non-hydrogen) atoms. The number of rotatable bonds is 5. The second-order valence-corrected chi connectivity index (χ2v) is 7.79. The van der Waals surface area contributed by atoms with Crippen LogP contribution in [0.1, 0.15) is 26.2 Å². The Morgan fingerprint density at radius 3 is 2.50 bits per heavy atom. The number of hydrogen-bond acceptors (Lipinski definition) is 4. The fraction of sp³-hybridized carbons (Fsp3) is 0.917. The molecule has 1 aliphatic carbocycles. The maximum Gasteiger partial charge on any atom is 0.227 e. The monoisotopic (exact) mass is 274 g/mol. The summed E-state index contributed by atoms with van der Waals surface area (Å²) in [7, 11) is -3.04. The van der Waals surface area contributed by atoms with E-state index in [1.807, 2.05) is 11.8 Å². The van der Waals surface area contributed by atoms with Crippen LogP contribution in [0.25, 0.3) is 0 Å². The van der Waals surface area contributed by atoms with Gasteiger partial charge in [-0.25, -0.2) is 8.42 Å². The third kappa shape index (κ3) is 3.45. The summed E-state index contributed by atoms with van der Waals surface area (Å²) in [5, 5.41) is 3.19. The number of carbonyl (C=O) groups excluding carboxylic acids is 1. The highest BCUT2D eigenvalue weighted by Crippen LogP contribution is 2.31. The van der Waals surface area contributed by atoms with Crippen molar-refractivity contribution >= 4 is 15.7 Å². The topological polar surface area (TPSA) is 66.5 Å². The first kappa shape index (κ1) is 13.8. The summed E-state index contributed by atoms with van der Waals surface area (Å²) in [6, 6.07) is 0.0652. The molecule has 0 aromatic rings. The zero-order chi connectivity index (χ0) is 13.3. The molecule has 6 heteroatoms. The second kappa shape index (κ2) is 5.17. The highest BCUT2D eigenvalue weighted by Gasteiger charge is 2.39. The first-order valence-electron chi connectivity index (χ1n) is 6.59. The molecule has 1 heterocycles. The lowest BCUT2D eigenvalue weighted by molar-refractivity contribution is -0.137. The summed E-state index contributed by atoms with van der Waals surface area (Å²) < 4.78 is 22.8. The molecule has 2 aliphatic rings. The number of sulfone groups is 1. The molecule has 104 valence electrons. The van der Waals surface area contributed by atoms with E-state index in [0.29, 0.717) is 0 Å². The van der Waals surface area contributed by atoms with Crippen LogP contribution < -0.4 is 5.32 Å². The maximum absolute atomic E-state index is 12.4. The summed E-state index contributed by atoms with van der Waals surface area (Å²) in [6.07, 6.45) is 4.13. The zero-order valence-corrected chi connectivity index (χ0v) is 11.9. The fourth-order valence-corrected chi connectivity index (χ4v) is 3.74. The summed E-state index contributed by atoms with van der Waals surface area (Å²) >= 11 is 0. The lowest BCUT2D eigenvalue weighted by atomic mass is 10.1. The molecule has 0 radical (unpaired) electrons. The largest absolute Gasteiger partial charge is 0.336 e. The number of nitrogens with zero attached hydrogens (tertiary/aromatic N) is 1. The molecular weight excluding hydrogens is 252 g/mol. The van der Waals surface area contributed by atoms with Crippen molar-refractivity contribution < 1.29 is 13.2 Å². The highest BCUT2D eigenvalue weighted by molar-refractivity contribution is 7.90. The second-order valence-electron chi connectivity index (χ2n) is 5.61. The van der Waals surface area contributed by atoms with E-state index in [1.165, 1.54) is 6.26 Å². The van der Waals surface area contributed by atoms with Gasteiger partial charge in [0, 0.05) is 24.9 Å². The minimum absolute atomic E-state index is 0.0348. The van der Waals surface area contributed by atoms with Gasteiger partial charge in [0.05, 0.1) is 11.7 Å². The van der Waals surface area contributed by atoms with Crippen molar-refractivity contribution in [2.24, 2.45) is 5.92 Å². The Balaban J connectivity index is 2.05.